The van der Waals surface area contributed by atoms with Gasteiger partial charge in [-0.1, -0.05) is 11.6 Å². The lowest BCUT2D eigenvalue weighted by molar-refractivity contribution is -0.136. The van der Waals surface area contributed by atoms with Crippen LogP contribution in [0.5, 0.6) is 5.75 Å². The highest BCUT2D eigenvalue weighted by Crippen LogP contribution is 2.35. The molecule has 27 heavy (non-hydrogen) atoms. The first-order chi connectivity index (χ1) is 12.6. The summed E-state index contributed by atoms with van der Waals surface area (Å²) >= 11 is 12.8. The normalized spacial score (nSPS) is 11.3. The van der Waals surface area contributed by atoms with Gasteiger partial charge in [-0.15, -0.1) is 0 Å². The maximum absolute atomic E-state index is 11.7. The van der Waals surface area contributed by atoms with Crippen molar-refractivity contribution in [2.45, 2.75) is 20.0 Å². The van der Waals surface area contributed by atoms with Gasteiger partial charge in [-0.3, -0.25) is 9.52 Å². The second-order valence-electron chi connectivity index (χ2n) is 5.60. The van der Waals surface area contributed by atoms with Crippen molar-refractivity contribution in [3.8, 4) is 5.75 Å². The van der Waals surface area contributed by atoms with E-state index >= 15 is 0 Å². The van der Waals surface area contributed by atoms with Crippen molar-refractivity contribution in [1.82, 2.24) is 0 Å². The fraction of sp³-hybridized carbons (Fsp3) is 0.235. The molecule has 2 aromatic rings. The molecule has 2 N–H and O–H groups in total. The van der Waals surface area contributed by atoms with E-state index in [4.69, 9.17) is 21.4 Å². The van der Waals surface area contributed by atoms with Crippen LogP contribution in [0.25, 0.3) is 0 Å². The van der Waals surface area contributed by atoms with Crippen molar-refractivity contribution in [1.29, 1.82) is 0 Å². The summed E-state index contributed by atoms with van der Waals surface area (Å²) in [6, 6.07) is 8.18. The summed E-state index contributed by atoms with van der Waals surface area (Å²) in [5.74, 6) is -0.475. The summed E-state index contributed by atoms with van der Waals surface area (Å²) in [6.07, 6.45) is -0.104. The van der Waals surface area contributed by atoms with Crippen LogP contribution in [0.1, 0.15) is 18.1 Å². The van der Waals surface area contributed by atoms with Crippen LogP contribution in [0.2, 0.25) is 5.02 Å². The first kappa shape index (κ1) is 22.0. The summed E-state index contributed by atoms with van der Waals surface area (Å²) in [7, 11) is -3.41. The Morgan fingerprint density at radius 1 is 1.15 bits per heavy atom. The molecule has 0 saturated carbocycles. The van der Waals surface area contributed by atoms with E-state index in [0.717, 1.165) is 0 Å². The Labute approximate surface area is 179 Å². The lowest BCUT2D eigenvalue weighted by atomic mass is 10.1. The molecule has 0 saturated heterocycles. The molecular weight excluding hydrogens is 526 g/mol. The average Bonchev–Trinajstić information content (AvgIpc) is 2.52. The molecule has 0 bridgehead atoms. The number of hydrogen-bond donors (Lipinski definition) is 2. The van der Waals surface area contributed by atoms with Gasteiger partial charge in [0.1, 0.15) is 12.4 Å². The van der Waals surface area contributed by atoms with Gasteiger partial charge in [0, 0.05) is 5.02 Å². The predicted octanol–water partition coefficient (Wildman–Crippen LogP) is 4.83. The molecule has 2 rings (SSSR count). The Morgan fingerprint density at radius 2 is 1.78 bits per heavy atom. The van der Waals surface area contributed by atoms with Crippen LogP contribution in [0.3, 0.4) is 0 Å². The fourth-order valence-corrected chi connectivity index (χ4v) is 4.62. The van der Waals surface area contributed by atoms with Crippen molar-refractivity contribution in [2.75, 3.05) is 10.5 Å². The summed E-state index contributed by atoms with van der Waals surface area (Å²) in [5, 5.41) is 9.27. The fourth-order valence-electron chi connectivity index (χ4n) is 2.23. The zero-order valence-corrected chi connectivity index (χ0v) is 18.9. The average molecular weight is 542 g/mol. The van der Waals surface area contributed by atoms with Crippen LogP contribution < -0.4 is 9.46 Å². The minimum Gasteiger partial charge on any atom is -0.487 e. The van der Waals surface area contributed by atoms with Crippen LogP contribution in [0.15, 0.2) is 39.3 Å². The third-order valence-electron chi connectivity index (χ3n) is 3.41. The molecule has 0 aliphatic heterocycles. The minimum atomic E-state index is -3.41. The van der Waals surface area contributed by atoms with Gasteiger partial charge in [-0.2, -0.15) is 0 Å². The predicted molar refractivity (Wildman–Crippen MR) is 112 cm³/mol. The molecule has 0 heterocycles. The van der Waals surface area contributed by atoms with E-state index in [-0.39, 0.29) is 18.8 Å². The van der Waals surface area contributed by atoms with Crippen LogP contribution in [0.4, 0.5) is 5.69 Å². The maximum atomic E-state index is 11.7. The van der Waals surface area contributed by atoms with E-state index in [1.165, 1.54) is 6.07 Å². The Kier molecular flexibility index (Phi) is 7.55. The molecule has 0 amide bonds. The highest BCUT2D eigenvalue weighted by atomic mass is 79.9. The van der Waals surface area contributed by atoms with Gasteiger partial charge < -0.3 is 9.84 Å². The number of carbonyl (C=O) groups is 1. The highest BCUT2D eigenvalue weighted by molar-refractivity contribution is 9.11. The molecular formula is C17H16Br2ClNO5S. The summed E-state index contributed by atoms with van der Waals surface area (Å²) in [5.41, 5.74) is 1.65. The topological polar surface area (TPSA) is 92.7 Å². The largest absolute Gasteiger partial charge is 0.487 e. The Balaban J connectivity index is 2.19. The molecule has 0 fully saturated rings. The molecule has 6 nitrogen and oxygen atoms in total. The monoisotopic (exact) mass is 539 g/mol. The number of benzene rings is 2. The summed E-state index contributed by atoms with van der Waals surface area (Å²) in [4.78, 5) is 10.8. The third kappa shape index (κ3) is 6.67. The quantitative estimate of drug-likeness (QED) is 0.499. The number of ether oxygens (including phenoxy) is 1. The van der Waals surface area contributed by atoms with E-state index in [2.05, 4.69) is 36.6 Å². The Hall–Kier alpha value is -1.29. The zero-order chi connectivity index (χ0) is 20.2. The van der Waals surface area contributed by atoms with Crippen molar-refractivity contribution in [3.63, 3.8) is 0 Å². The van der Waals surface area contributed by atoms with Gasteiger partial charge in [-0.25, -0.2) is 8.42 Å². The zero-order valence-electron chi connectivity index (χ0n) is 14.1. The molecule has 0 unspecified atom stereocenters. The number of halogens is 3. The molecule has 0 atom stereocenters. The SMILES string of the molecule is CCS(=O)(=O)Nc1cc(Cl)cc(COc2c(Br)cc(CC(=O)O)cc2Br)c1. The van der Waals surface area contributed by atoms with E-state index in [9.17, 15) is 13.2 Å². The number of aliphatic carboxylic acids is 1. The van der Waals surface area contributed by atoms with Gasteiger partial charge in [0.05, 0.1) is 26.8 Å². The van der Waals surface area contributed by atoms with Gasteiger partial charge in [0.15, 0.2) is 0 Å². The molecule has 0 aromatic heterocycles. The van der Waals surface area contributed by atoms with E-state index < -0.39 is 16.0 Å². The number of nitrogens with one attached hydrogen (secondary N) is 1. The number of sulfonamides is 1. The number of carboxylic acids is 1. The first-order valence-electron chi connectivity index (χ1n) is 7.72. The lowest BCUT2D eigenvalue weighted by Gasteiger charge is -2.13. The molecule has 2 aromatic carbocycles. The van der Waals surface area contributed by atoms with Gasteiger partial charge in [-0.05, 0) is 80.2 Å². The smallest absolute Gasteiger partial charge is 0.307 e. The summed E-state index contributed by atoms with van der Waals surface area (Å²) < 4.78 is 32.9. The van der Waals surface area contributed by atoms with E-state index in [1.807, 2.05) is 0 Å². The number of rotatable bonds is 8. The second-order valence-corrected chi connectivity index (χ2v) is 9.76. The van der Waals surface area contributed by atoms with Gasteiger partial charge in [0.2, 0.25) is 10.0 Å². The van der Waals surface area contributed by atoms with Crippen molar-refractivity contribution in [2.24, 2.45) is 0 Å². The molecule has 0 radical (unpaired) electrons. The van der Waals surface area contributed by atoms with Gasteiger partial charge >= 0.3 is 5.97 Å². The van der Waals surface area contributed by atoms with E-state index in [1.54, 1.807) is 31.2 Å². The van der Waals surface area contributed by atoms with E-state index in [0.29, 0.717) is 36.5 Å². The van der Waals surface area contributed by atoms with Crippen molar-refractivity contribution in [3.05, 3.63) is 55.4 Å². The minimum absolute atomic E-state index is 0.0477. The van der Waals surface area contributed by atoms with Crippen molar-refractivity contribution < 1.29 is 23.1 Å². The molecule has 0 aliphatic carbocycles. The Morgan fingerprint density at radius 3 is 2.33 bits per heavy atom. The van der Waals surface area contributed by atoms with Crippen LogP contribution >= 0.6 is 43.5 Å². The highest BCUT2D eigenvalue weighted by Gasteiger charge is 2.13. The maximum Gasteiger partial charge on any atom is 0.307 e. The Bertz CT molecular complexity index is 943. The number of hydrogen-bond acceptors (Lipinski definition) is 4. The lowest BCUT2D eigenvalue weighted by Crippen LogP contribution is -2.14. The third-order valence-corrected chi connectivity index (χ3v) is 6.11. The van der Waals surface area contributed by atoms with Crippen LogP contribution in [-0.4, -0.2) is 25.2 Å². The molecule has 146 valence electrons. The standard InChI is InChI=1S/C17H16Br2ClNO5S/c1-2-27(24,25)21-13-4-11(3-12(20)8-13)9-26-17-14(18)5-10(6-15(17)19)7-16(22)23/h3-6,8,21H,2,7,9H2,1H3,(H,22,23). The molecule has 10 heteroatoms. The van der Waals surface area contributed by atoms with Crippen LogP contribution in [-0.2, 0) is 27.8 Å². The van der Waals surface area contributed by atoms with Crippen LogP contribution in [0, 0.1) is 0 Å². The first-order valence-corrected chi connectivity index (χ1v) is 11.3. The number of carboxylic acid groups (broad SMARTS) is 1. The second kappa shape index (κ2) is 9.27. The van der Waals surface area contributed by atoms with Crippen molar-refractivity contribution >= 4 is 65.1 Å². The summed E-state index contributed by atoms with van der Waals surface area (Å²) in [6.45, 7) is 1.68. The van der Waals surface area contributed by atoms with Gasteiger partial charge in [0.25, 0.3) is 0 Å². The molecule has 0 aliphatic rings. The number of anilines is 1. The molecule has 0 spiro atoms.